The lowest BCUT2D eigenvalue weighted by Gasteiger charge is -2.34. The zero-order valence-electron chi connectivity index (χ0n) is 13.7. The topological polar surface area (TPSA) is 37.1 Å². The van der Waals surface area contributed by atoms with Crippen molar-refractivity contribution in [3.63, 3.8) is 0 Å². The van der Waals surface area contributed by atoms with Gasteiger partial charge in [-0.15, -0.1) is 0 Å². The summed E-state index contributed by atoms with van der Waals surface area (Å²) >= 11 is 0. The molecule has 1 fully saturated rings. The van der Waals surface area contributed by atoms with Crippen molar-refractivity contribution in [3.8, 4) is 11.5 Å². The van der Waals surface area contributed by atoms with Crippen LogP contribution in [0, 0.1) is 0 Å². The maximum atomic E-state index is 9.96. The highest BCUT2D eigenvalue weighted by atomic mass is 16.5. The zero-order valence-corrected chi connectivity index (χ0v) is 13.7. The minimum absolute atomic E-state index is 0.384. The largest absolute Gasteiger partial charge is 0.506 e. The average Bonchev–Trinajstić information content (AvgIpc) is 2.61. The molecule has 2 aromatic carbocycles. The summed E-state index contributed by atoms with van der Waals surface area (Å²) in [5.74, 6) is 1.30. The van der Waals surface area contributed by atoms with Gasteiger partial charge in [0, 0.05) is 6.42 Å². The number of aromatic hydroxyl groups is 1. The average molecular weight is 313 g/mol. The number of benzene rings is 2. The van der Waals surface area contributed by atoms with Gasteiger partial charge in [-0.05, 0) is 29.8 Å². The van der Waals surface area contributed by atoms with Crippen molar-refractivity contribution in [1.82, 2.24) is 0 Å². The van der Waals surface area contributed by atoms with Gasteiger partial charge in [0.05, 0.1) is 45.5 Å². The number of para-hydroxylation sites is 2. The molecule has 0 radical (unpaired) electrons. The summed E-state index contributed by atoms with van der Waals surface area (Å²) in [6.45, 7) is 5.38. The zero-order chi connectivity index (χ0) is 16.1. The molecule has 1 heterocycles. The normalized spacial score (nSPS) is 15.6. The van der Waals surface area contributed by atoms with Crippen LogP contribution >= 0.6 is 0 Å². The molecule has 3 rings (SSSR count). The summed E-state index contributed by atoms with van der Waals surface area (Å²) < 4.78 is 5.20. The van der Waals surface area contributed by atoms with E-state index in [1.54, 1.807) is 18.1 Å². The predicted octanol–water partition coefficient (Wildman–Crippen LogP) is 1.35. The molecule has 1 saturated heterocycles. The SMILES string of the molecule is COc1ccc(CC[NH+]2CCN(c3ccccc3O)CC2)cc1. The lowest BCUT2D eigenvalue weighted by Crippen LogP contribution is -3.15. The van der Waals surface area contributed by atoms with Crippen LogP contribution < -0.4 is 14.5 Å². The van der Waals surface area contributed by atoms with E-state index >= 15 is 0 Å². The van der Waals surface area contributed by atoms with E-state index in [2.05, 4.69) is 17.0 Å². The fourth-order valence-electron chi connectivity index (χ4n) is 3.16. The third kappa shape index (κ3) is 3.96. The van der Waals surface area contributed by atoms with Gasteiger partial charge in [-0.2, -0.15) is 0 Å². The minimum Gasteiger partial charge on any atom is -0.506 e. The molecular weight excluding hydrogens is 288 g/mol. The monoisotopic (exact) mass is 313 g/mol. The third-order valence-corrected chi connectivity index (χ3v) is 4.62. The second-order valence-electron chi connectivity index (χ2n) is 6.07. The number of methoxy groups -OCH3 is 1. The molecule has 1 aliphatic heterocycles. The number of nitrogens with zero attached hydrogens (tertiary/aromatic N) is 1. The van der Waals surface area contributed by atoms with Gasteiger partial charge in [-0.1, -0.05) is 24.3 Å². The molecule has 0 atom stereocenters. The van der Waals surface area contributed by atoms with Crippen molar-refractivity contribution in [3.05, 3.63) is 54.1 Å². The van der Waals surface area contributed by atoms with E-state index in [4.69, 9.17) is 4.74 Å². The molecule has 0 aliphatic carbocycles. The first kappa shape index (κ1) is 15.7. The van der Waals surface area contributed by atoms with Crippen LogP contribution in [0.2, 0.25) is 0 Å². The van der Waals surface area contributed by atoms with Gasteiger partial charge in [0.2, 0.25) is 0 Å². The van der Waals surface area contributed by atoms with Crippen molar-refractivity contribution < 1.29 is 14.7 Å². The van der Waals surface area contributed by atoms with Crippen molar-refractivity contribution in [2.45, 2.75) is 6.42 Å². The van der Waals surface area contributed by atoms with Gasteiger partial charge in [-0.3, -0.25) is 0 Å². The van der Waals surface area contributed by atoms with Crippen LogP contribution in [-0.4, -0.2) is 44.9 Å². The molecule has 4 nitrogen and oxygen atoms in total. The van der Waals surface area contributed by atoms with Gasteiger partial charge >= 0.3 is 0 Å². The van der Waals surface area contributed by atoms with Crippen LogP contribution in [0.3, 0.4) is 0 Å². The van der Waals surface area contributed by atoms with E-state index in [9.17, 15) is 5.11 Å². The first-order valence-corrected chi connectivity index (χ1v) is 8.25. The Morgan fingerprint density at radius 1 is 1.04 bits per heavy atom. The van der Waals surface area contributed by atoms with Gasteiger partial charge in [-0.25, -0.2) is 0 Å². The van der Waals surface area contributed by atoms with Crippen molar-refractivity contribution in [2.24, 2.45) is 0 Å². The molecule has 0 unspecified atom stereocenters. The van der Waals surface area contributed by atoms with E-state index in [0.29, 0.717) is 5.75 Å². The number of piperazine rings is 1. The fourth-order valence-corrected chi connectivity index (χ4v) is 3.16. The molecule has 1 aliphatic rings. The first-order valence-electron chi connectivity index (χ1n) is 8.25. The Morgan fingerprint density at radius 2 is 1.74 bits per heavy atom. The number of anilines is 1. The van der Waals surface area contributed by atoms with Crippen molar-refractivity contribution >= 4 is 5.69 Å². The maximum absolute atomic E-state index is 9.96. The summed E-state index contributed by atoms with van der Waals surface area (Å²) in [6, 6.07) is 16.0. The van der Waals surface area contributed by atoms with Crippen LogP contribution in [-0.2, 0) is 6.42 Å². The summed E-state index contributed by atoms with van der Waals surface area (Å²) in [7, 11) is 1.70. The van der Waals surface area contributed by atoms with Crippen LogP contribution in [0.5, 0.6) is 11.5 Å². The number of phenolic OH excluding ortho intramolecular Hbond substituents is 1. The molecule has 2 N–H and O–H groups in total. The Balaban J connectivity index is 1.48. The summed E-state index contributed by atoms with van der Waals surface area (Å²) in [4.78, 5) is 3.92. The molecule has 122 valence electrons. The molecule has 0 aromatic heterocycles. The lowest BCUT2D eigenvalue weighted by atomic mass is 10.1. The molecule has 23 heavy (non-hydrogen) atoms. The van der Waals surface area contributed by atoms with E-state index in [0.717, 1.165) is 50.6 Å². The molecule has 4 heteroatoms. The second-order valence-corrected chi connectivity index (χ2v) is 6.07. The summed E-state index contributed by atoms with van der Waals surface area (Å²) in [6.07, 6.45) is 1.09. The number of phenols is 1. The molecule has 0 bridgehead atoms. The predicted molar refractivity (Wildman–Crippen MR) is 92.6 cm³/mol. The van der Waals surface area contributed by atoms with Crippen LogP contribution in [0.4, 0.5) is 5.69 Å². The third-order valence-electron chi connectivity index (χ3n) is 4.62. The highest BCUT2D eigenvalue weighted by molar-refractivity contribution is 5.57. The van der Waals surface area contributed by atoms with Crippen molar-refractivity contribution in [1.29, 1.82) is 0 Å². The Labute approximate surface area is 137 Å². The number of nitrogens with one attached hydrogen (secondary N) is 1. The van der Waals surface area contributed by atoms with Crippen molar-refractivity contribution in [2.75, 3.05) is 44.7 Å². The lowest BCUT2D eigenvalue weighted by molar-refractivity contribution is -0.900. The number of hydrogen-bond donors (Lipinski definition) is 2. The first-order chi connectivity index (χ1) is 11.3. The Hall–Kier alpha value is -2.20. The van der Waals surface area contributed by atoms with E-state index in [-0.39, 0.29) is 0 Å². The molecule has 0 spiro atoms. The highest BCUT2D eigenvalue weighted by Gasteiger charge is 2.21. The Bertz CT molecular complexity index is 620. The van der Waals surface area contributed by atoms with Gasteiger partial charge in [0.15, 0.2) is 0 Å². The van der Waals surface area contributed by atoms with Crippen LogP contribution in [0.15, 0.2) is 48.5 Å². The number of rotatable bonds is 5. The number of quaternary nitrogens is 1. The summed E-state index contributed by atoms with van der Waals surface area (Å²) in [5.41, 5.74) is 2.32. The van der Waals surface area contributed by atoms with E-state index < -0.39 is 0 Å². The molecular formula is C19H25N2O2+. The van der Waals surface area contributed by atoms with Crippen LogP contribution in [0.1, 0.15) is 5.56 Å². The van der Waals surface area contributed by atoms with E-state index in [1.807, 2.05) is 30.3 Å². The smallest absolute Gasteiger partial charge is 0.138 e. The second kappa shape index (κ2) is 7.38. The molecule has 0 saturated carbocycles. The highest BCUT2D eigenvalue weighted by Crippen LogP contribution is 2.25. The van der Waals surface area contributed by atoms with Gasteiger partial charge < -0.3 is 19.6 Å². The molecule has 2 aromatic rings. The van der Waals surface area contributed by atoms with Gasteiger partial charge in [0.1, 0.15) is 11.5 Å². The number of ether oxygens (including phenoxy) is 1. The fraction of sp³-hybridized carbons (Fsp3) is 0.368. The van der Waals surface area contributed by atoms with Gasteiger partial charge in [0.25, 0.3) is 0 Å². The quantitative estimate of drug-likeness (QED) is 0.875. The Kier molecular flexibility index (Phi) is 5.03. The summed E-state index contributed by atoms with van der Waals surface area (Å²) in [5, 5.41) is 9.96. The maximum Gasteiger partial charge on any atom is 0.138 e. The number of hydrogen-bond acceptors (Lipinski definition) is 3. The minimum atomic E-state index is 0.384. The van der Waals surface area contributed by atoms with E-state index in [1.165, 1.54) is 5.56 Å². The van der Waals surface area contributed by atoms with Crippen LogP contribution in [0.25, 0.3) is 0 Å². The molecule has 0 amide bonds. The standard InChI is InChI=1S/C19H24N2O2/c1-23-17-8-6-16(7-9-17)10-11-20-12-14-21(15-13-20)18-4-2-3-5-19(18)22/h2-9,22H,10-15H2,1H3/p+1. The Morgan fingerprint density at radius 3 is 2.39 bits per heavy atom.